The molecule has 0 bridgehead atoms. The van der Waals surface area contributed by atoms with E-state index >= 15 is 0 Å². The van der Waals surface area contributed by atoms with Gasteiger partial charge in [-0.25, -0.2) is 91.5 Å². The molecule has 0 aliphatic carbocycles. The highest BCUT2D eigenvalue weighted by molar-refractivity contribution is 7.68. The third-order valence-corrected chi connectivity index (χ3v) is 29.7. The highest BCUT2D eigenvalue weighted by Gasteiger charge is 2.64. The number of alkyl halides is 4. The smallest absolute Gasteiger partial charge is 0.387 e. The summed E-state index contributed by atoms with van der Waals surface area (Å²) in [7, 11) is -70.0. The molecule has 0 amide bonds. The summed E-state index contributed by atoms with van der Waals surface area (Å²) in [6.45, 7) is -13.0. The quantitative estimate of drug-likeness (QED) is 0.0148. The van der Waals surface area contributed by atoms with E-state index in [0.29, 0.717) is 17.1 Å². The molecule has 30 N–H and O–H groups in total. The van der Waals surface area contributed by atoms with Crippen LogP contribution in [0.5, 0.6) is 0 Å². The first-order valence-electron chi connectivity index (χ1n) is 32.9. The summed E-state index contributed by atoms with van der Waals surface area (Å²) < 4.78 is 286. The normalized spacial score (nSPS) is 31.5. The molecule has 4 aliphatic heterocycles. The molecule has 26 atom stereocenters. The van der Waals surface area contributed by atoms with E-state index in [-0.39, 0.29) is 19.9 Å². The molecule has 72 nitrogen and oxygen atoms in total. The Balaban J connectivity index is 0.000000307. The highest BCUT2D eigenvalue weighted by Crippen LogP contribution is 2.70. The molecular weight excluding hydrogens is 2030 g/mol. The molecule has 4 saturated heterocycles. The minimum atomic E-state index is -6.11. The molecule has 8 heterocycles. The van der Waals surface area contributed by atoms with Crippen LogP contribution in [0, 0.1) is 0 Å². The molecule has 4 aliphatic rings. The lowest BCUT2D eigenvalue weighted by atomic mass is 9.94. The largest absolute Gasteiger partial charge is 0.490 e. The Hall–Kier alpha value is -4.68. The van der Waals surface area contributed by atoms with Gasteiger partial charge in [0.25, 0.3) is 11.1 Å². The number of aliphatic hydroxyl groups excluding tert-OH is 4. The molecule has 0 saturated carbocycles. The van der Waals surface area contributed by atoms with Crippen LogP contribution in [-0.4, -0.2) is 301 Å². The van der Waals surface area contributed by atoms with Crippen LogP contribution in [0.1, 0.15) is 44.2 Å². The van der Waals surface area contributed by atoms with E-state index in [9.17, 15) is 162 Å². The Morgan fingerprint density at radius 2 is 0.635 bits per heavy atom. The van der Waals surface area contributed by atoms with Gasteiger partial charge >= 0.3 is 117 Å². The van der Waals surface area contributed by atoms with Crippen LogP contribution in [-0.2, 0) is 126 Å². The molecule has 0 aromatic carbocycles. The number of phosphoric ester groups is 4. The van der Waals surface area contributed by atoms with Gasteiger partial charge in [0.2, 0.25) is 0 Å². The number of hydrogen-bond acceptors (Lipinski definition) is 50. The molecule has 8 rings (SSSR count). The number of aromatic amines is 2. The minimum absolute atomic E-state index is 0.102. The third-order valence-electron chi connectivity index (χ3n) is 14.5. The molecule has 4 aromatic rings. The summed E-state index contributed by atoms with van der Waals surface area (Å²) in [6, 6.07) is 0. The fourth-order valence-corrected chi connectivity index (χ4v) is 21.8. The molecule has 0 radical (unpaired) electrons. The molecule has 4 fully saturated rings. The first-order valence-corrected chi connectivity index (χ1v) is 49.0. The maximum atomic E-state index is 13.6. The molecule has 724 valence electrons. The first kappa shape index (κ1) is 105. The molecule has 88 heteroatoms. The van der Waals surface area contributed by atoms with Crippen LogP contribution in [0.25, 0.3) is 0 Å². The highest BCUT2D eigenvalue weighted by atomic mass is 31.3. The third kappa shape index (κ3) is 30.7. The van der Waals surface area contributed by atoms with Crippen molar-refractivity contribution in [2.24, 2.45) is 0 Å². The fourth-order valence-electron chi connectivity index (χ4n) is 9.67. The molecule has 126 heavy (non-hydrogen) atoms. The van der Waals surface area contributed by atoms with Gasteiger partial charge in [-0.1, -0.05) is 0 Å². The van der Waals surface area contributed by atoms with E-state index in [1.807, 2.05) is 0 Å². The van der Waals surface area contributed by atoms with Crippen LogP contribution >= 0.6 is 93.9 Å². The predicted molar refractivity (Wildman–Crippen MR) is 371 cm³/mol. The average molecular weight is 2100 g/mol. The molecule has 4 aromatic heterocycles. The molecular formula is C38H66F4N14O58P12. The number of nitrogen functional groups attached to an aromatic ring is 2. The summed E-state index contributed by atoms with van der Waals surface area (Å²) >= 11 is 0. The predicted octanol–water partition coefficient (Wildman–Crippen LogP) is -9.71. The summed E-state index contributed by atoms with van der Waals surface area (Å²) in [5, 5.41) is 96.4. The van der Waals surface area contributed by atoms with Crippen molar-refractivity contribution in [3.05, 3.63) is 87.4 Å². The van der Waals surface area contributed by atoms with Crippen molar-refractivity contribution in [3.63, 3.8) is 0 Å². The lowest BCUT2D eigenvalue weighted by Gasteiger charge is -2.28. The number of aliphatic hydroxyl groups is 8. The number of rotatable bonds is 36. The summed E-state index contributed by atoms with van der Waals surface area (Å²) in [6.07, 6.45) is -28.6. The number of phosphoric acid groups is 12. The van der Waals surface area contributed by atoms with Gasteiger partial charge in [0.15, 0.2) is 47.3 Å². The van der Waals surface area contributed by atoms with Crippen molar-refractivity contribution in [2.75, 3.05) is 51.3 Å². The monoisotopic (exact) mass is 2100 g/mol. The Bertz CT molecular complexity index is 5780. The topological polar surface area (TPSA) is 1120 Å². The zero-order valence-corrected chi connectivity index (χ0v) is 71.1. The van der Waals surface area contributed by atoms with Crippen LogP contribution in [0.3, 0.4) is 0 Å². The van der Waals surface area contributed by atoms with Crippen molar-refractivity contribution in [3.8, 4) is 0 Å². The number of anilines is 2. The standard InChI is InChI=1S/C10H18FN4O14P3.C10H17FN3O15P3.C9H16FN4O14P3.C9H15FN3O15P3/c1-4(27-31(22,23)29-32(24,25)28-30(19,20)21)6-7(16)10(18,3-11)8(26-6)15-9(17)14-5(12)2-13-15;1-4(27-31(22,23)29-32(24,25)28-30(19,20)21)6-7(16)10(18,3-11)8(26-6)14-9(17)13-5(15)2-12-14;10-3-9(17)6(15)4(26-7(9)14-8(16)13-5(11)1-12-14)2-25-30(21,22)28-31(23,24)27-29(18,19)20;10-3-9(17)6(15)4(26-7(9)13-8(16)12-5(14)1-11-13)2-25-30(21,22)28-31(23,24)27-29(18,19)20/h2,4,6-8,16,18H,3H2,1H3,(H,22,23)(H,24,25)(H2,12,14,17)(H2,19,20,21);2,4,6-8,16,18H,3H2,1H3,(H,22,23)(H,24,25)(H,13,15,17)(H2,19,20,21);1,4,6-7,15,17H,2-3H2,(H,21,22)(H,23,24)(H2,11,13,16)(H2,18,19,20);1,4,6-7,15,17H,2-3H2,(H,21,22)(H,23,24)(H,12,14,16)(H2,18,19,20)/t2*4-,6+,7-,8+,10?;2*4-,6+,7-,9?/m0011/s1/i;;2*2D2. The number of nitrogens with one attached hydrogen (secondary N) is 2. The van der Waals surface area contributed by atoms with E-state index in [1.165, 1.54) is 0 Å². The summed E-state index contributed by atoms with van der Waals surface area (Å²) in [5.74, 6) is -0.732. The fraction of sp³-hybridized carbons (Fsp3) is 0.684. The minimum Gasteiger partial charge on any atom is -0.387 e. The van der Waals surface area contributed by atoms with Crippen molar-refractivity contribution >= 4 is 106 Å². The van der Waals surface area contributed by atoms with Crippen LogP contribution in [0.4, 0.5) is 29.2 Å². The Labute approximate surface area is 692 Å². The van der Waals surface area contributed by atoms with E-state index in [0.717, 1.165) is 26.2 Å². The number of H-pyrrole nitrogens is 2. The van der Waals surface area contributed by atoms with E-state index < -0.39 is 282 Å². The second kappa shape index (κ2) is 41.4. The van der Waals surface area contributed by atoms with Gasteiger partial charge in [-0.05, 0) is 13.8 Å². The number of halogens is 4. The maximum Gasteiger partial charge on any atom is 0.490 e. The second-order valence-electron chi connectivity index (χ2n) is 24.0. The number of nitrogens with two attached hydrogens (primary N) is 2. The maximum absolute atomic E-state index is 13.6. The van der Waals surface area contributed by atoms with Gasteiger partial charge in [-0.3, -0.25) is 37.7 Å². The van der Waals surface area contributed by atoms with Crippen LogP contribution in [0.15, 0.2) is 53.6 Å². The summed E-state index contributed by atoms with van der Waals surface area (Å²) in [4.78, 5) is 222. The number of aromatic nitrogens is 12. The van der Waals surface area contributed by atoms with E-state index in [2.05, 4.69) is 82.9 Å². The van der Waals surface area contributed by atoms with Gasteiger partial charge in [-0.2, -0.15) is 83.6 Å². The average Bonchev–Trinajstić information content (AvgIpc) is 1.61. The summed E-state index contributed by atoms with van der Waals surface area (Å²) in [5.41, 5.74) is -8.67. The van der Waals surface area contributed by atoms with Gasteiger partial charge < -0.3 is 150 Å². The zero-order valence-electron chi connectivity index (χ0n) is 64.3. The number of hydrogen-bond donors (Lipinski definition) is 28. The lowest BCUT2D eigenvalue weighted by Crippen LogP contribution is -2.52. The SMILES string of the molecule is C[C@H](OP(=O)(O)OP(=O)(O)OP(=O)(O)O)[C@H]1O[C@@H](n2ncc(=O)[nH]c2=O)C(O)(CF)[C@H]1O.C[C@H](OP(=O)(O)OP(=O)(O)OP(=O)(O)O)[C@H]1O[C@@H](n2ncc(N)nc2=O)C(O)(CF)[C@H]1O.[2H]C([2H])(OP(=O)(O)OP(=O)(O)OP(=O)(O)O)[C@H]1O[C@@H](n2ncc(=O)[nH]c2=O)C(O)(CF)[C@H]1O.[2H]C([2H])(OP(=O)(O)OP(=O)(O)OP(=O)(O)O)[C@H]1O[C@@H](n2ncc(N)nc2=O)C(O)(CF)[C@H]1O. The number of nitrogens with zero attached hydrogens (tertiary/aromatic N) is 10. The van der Waals surface area contributed by atoms with Crippen molar-refractivity contribution in [1.82, 2.24) is 59.1 Å². The zero-order chi connectivity index (χ0) is 101. The van der Waals surface area contributed by atoms with E-state index in [1.54, 1.807) is 9.97 Å². The molecule has 0 spiro atoms. The Morgan fingerprint density at radius 3 is 0.889 bits per heavy atom. The van der Waals surface area contributed by atoms with Crippen molar-refractivity contribution < 1.29 is 268 Å². The van der Waals surface area contributed by atoms with Crippen LogP contribution < -0.4 is 45.3 Å². The van der Waals surface area contributed by atoms with Gasteiger partial charge in [-0.15, -0.1) is 0 Å². The Morgan fingerprint density at radius 1 is 0.397 bits per heavy atom. The first-order chi connectivity index (χ1) is 58.3. The number of ether oxygens (including phenoxy) is 4. The second-order valence-corrected chi connectivity index (χ2v) is 41.4. The van der Waals surface area contributed by atoms with Gasteiger partial charge in [0, 0.05) is 0 Å². The van der Waals surface area contributed by atoms with Crippen LogP contribution in [0.2, 0.25) is 0 Å². The van der Waals surface area contributed by atoms with Gasteiger partial charge in [0.1, 0.15) is 99.6 Å². The molecule has 12 unspecified atom stereocenters. The van der Waals surface area contributed by atoms with Crippen molar-refractivity contribution in [2.45, 2.75) is 122 Å². The van der Waals surface area contributed by atoms with E-state index in [4.69, 9.17) is 94.6 Å². The van der Waals surface area contributed by atoms with Crippen molar-refractivity contribution in [1.29, 1.82) is 0 Å². The lowest BCUT2D eigenvalue weighted by molar-refractivity contribution is -0.127. The Kier molecular flexibility index (Phi) is 34.5. The van der Waals surface area contributed by atoms with Gasteiger partial charge in [0.05, 0.1) is 43.2 Å².